The van der Waals surface area contributed by atoms with Gasteiger partial charge in [-0.2, -0.15) is 13.2 Å². The number of hydrogen-bond acceptors (Lipinski definition) is 3. The van der Waals surface area contributed by atoms with E-state index < -0.39 is 17.7 Å². The maximum Gasteiger partial charge on any atom is 0.416 e. The highest BCUT2D eigenvalue weighted by molar-refractivity contribution is 5.84. The lowest BCUT2D eigenvalue weighted by molar-refractivity contribution is -0.137. The quantitative estimate of drug-likeness (QED) is 0.865. The molecule has 1 aromatic carbocycles. The van der Waals surface area contributed by atoms with E-state index in [1.165, 1.54) is 31.4 Å². The summed E-state index contributed by atoms with van der Waals surface area (Å²) in [6, 6.07) is 6.14. The zero-order valence-corrected chi connectivity index (χ0v) is 11.3. The van der Waals surface area contributed by atoms with E-state index in [1.807, 2.05) is 0 Å². The Morgan fingerprint density at radius 2 is 2.00 bits per heavy atom. The van der Waals surface area contributed by atoms with Crippen molar-refractivity contribution in [3.8, 4) is 17.1 Å². The van der Waals surface area contributed by atoms with Crippen LogP contribution in [-0.2, 0) is 11.0 Å². The van der Waals surface area contributed by atoms with Crippen LogP contribution in [0.2, 0.25) is 0 Å². The van der Waals surface area contributed by atoms with Gasteiger partial charge in [-0.25, -0.2) is 4.79 Å². The van der Waals surface area contributed by atoms with Crippen LogP contribution in [-0.4, -0.2) is 18.2 Å². The molecule has 2 aromatic rings. The zero-order chi connectivity index (χ0) is 16.3. The van der Waals surface area contributed by atoms with E-state index in [-0.39, 0.29) is 22.8 Å². The monoisotopic (exact) mass is 312 g/mol. The lowest BCUT2D eigenvalue weighted by atomic mass is 10.1. The van der Waals surface area contributed by atoms with Crippen LogP contribution in [0.4, 0.5) is 13.2 Å². The molecule has 0 saturated carbocycles. The Labute approximate surface area is 123 Å². The fourth-order valence-corrected chi connectivity index (χ4v) is 1.77. The van der Waals surface area contributed by atoms with Gasteiger partial charge >= 0.3 is 12.1 Å². The second-order valence-corrected chi connectivity index (χ2v) is 4.32. The van der Waals surface area contributed by atoms with Gasteiger partial charge in [0.1, 0.15) is 17.3 Å². The Hall–Kier alpha value is -2.70. The molecule has 0 bridgehead atoms. The third-order valence-corrected chi connectivity index (χ3v) is 2.77. The van der Waals surface area contributed by atoms with Gasteiger partial charge in [-0.15, -0.1) is 0 Å². The predicted molar refractivity (Wildman–Crippen MR) is 72.4 cm³/mol. The van der Waals surface area contributed by atoms with E-state index in [9.17, 15) is 18.0 Å². The van der Waals surface area contributed by atoms with Gasteiger partial charge in [-0.1, -0.05) is 0 Å². The maximum atomic E-state index is 12.9. The highest BCUT2D eigenvalue weighted by Gasteiger charge is 2.31. The van der Waals surface area contributed by atoms with Gasteiger partial charge in [0.2, 0.25) is 0 Å². The van der Waals surface area contributed by atoms with Crippen LogP contribution in [0.1, 0.15) is 11.3 Å². The molecular weight excluding hydrogens is 301 g/mol. The fourth-order valence-electron chi connectivity index (χ4n) is 1.77. The van der Waals surface area contributed by atoms with Crippen LogP contribution >= 0.6 is 0 Å². The van der Waals surface area contributed by atoms with Gasteiger partial charge in [0.25, 0.3) is 0 Å². The topological polar surface area (TPSA) is 59.7 Å². The Morgan fingerprint density at radius 1 is 1.27 bits per heavy atom. The number of aliphatic carboxylic acids is 1. The van der Waals surface area contributed by atoms with Crippen LogP contribution in [0.3, 0.4) is 0 Å². The molecule has 0 aliphatic rings. The third kappa shape index (κ3) is 3.69. The summed E-state index contributed by atoms with van der Waals surface area (Å²) >= 11 is 0. The number of hydrogen-bond donors (Lipinski definition) is 1. The highest BCUT2D eigenvalue weighted by atomic mass is 19.4. The fraction of sp³-hybridized carbons (Fsp3) is 0.133. The Balaban J connectivity index is 2.42. The van der Waals surface area contributed by atoms with E-state index in [4.69, 9.17) is 14.3 Å². The van der Waals surface area contributed by atoms with Crippen molar-refractivity contribution in [1.82, 2.24) is 0 Å². The minimum absolute atomic E-state index is 0.0452. The summed E-state index contributed by atoms with van der Waals surface area (Å²) in [6.45, 7) is 0. The van der Waals surface area contributed by atoms with Crippen molar-refractivity contribution in [2.45, 2.75) is 6.18 Å². The van der Waals surface area contributed by atoms with Crippen molar-refractivity contribution in [2.24, 2.45) is 0 Å². The molecule has 0 amide bonds. The Bertz CT molecular complexity index is 714. The third-order valence-electron chi connectivity index (χ3n) is 2.77. The van der Waals surface area contributed by atoms with Crippen molar-refractivity contribution >= 4 is 12.0 Å². The number of carbonyl (C=O) groups is 1. The van der Waals surface area contributed by atoms with Crippen LogP contribution < -0.4 is 4.74 Å². The molecule has 0 spiro atoms. The molecule has 0 saturated heterocycles. The molecule has 0 aliphatic carbocycles. The highest BCUT2D eigenvalue weighted by Crippen LogP contribution is 2.36. The maximum absolute atomic E-state index is 12.9. The van der Waals surface area contributed by atoms with Gasteiger partial charge in [0.05, 0.1) is 12.7 Å². The van der Waals surface area contributed by atoms with Gasteiger partial charge in [0, 0.05) is 11.6 Å². The molecule has 116 valence electrons. The smallest absolute Gasteiger partial charge is 0.416 e. The zero-order valence-electron chi connectivity index (χ0n) is 11.3. The molecular formula is C15H11F3O4. The molecule has 7 heteroatoms. The first-order valence-corrected chi connectivity index (χ1v) is 6.07. The average Bonchev–Trinajstić information content (AvgIpc) is 2.92. The normalized spacial score (nSPS) is 11.8. The molecule has 1 heterocycles. The SMILES string of the molecule is COc1cc(-c2ccc(C=CC(=O)O)o2)cc(C(F)(F)F)c1. The van der Waals surface area contributed by atoms with Crippen molar-refractivity contribution < 1.29 is 32.2 Å². The largest absolute Gasteiger partial charge is 0.497 e. The second kappa shape index (κ2) is 5.97. The minimum atomic E-state index is -4.51. The van der Waals surface area contributed by atoms with Gasteiger partial charge in [-0.3, -0.25) is 0 Å². The summed E-state index contributed by atoms with van der Waals surface area (Å²) in [6.07, 6.45) is -2.44. The predicted octanol–water partition coefficient (Wildman–Crippen LogP) is 4.07. The lowest BCUT2D eigenvalue weighted by Gasteiger charge is -2.10. The average molecular weight is 312 g/mol. The number of carboxylic acids is 1. The molecule has 1 N–H and O–H groups in total. The number of furan rings is 1. The molecule has 0 aliphatic heterocycles. The second-order valence-electron chi connectivity index (χ2n) is 4.32. The number of alkyl halides is 3. The minimum Gasteiger partial charge on any atom is -0.497 e. The number of rotatable bonds is 4. The summed E-state index contributed by atoms with van der Waals surface area (Å²) in [5, 5.41) is 8.52. The molecule has 2 rings (SSSR count). The Kier molecular flexibility index (Phi) is 4.25. The van der Waals surface area contributed by atoms with Crippen LogP contribution in [0.25, 0.3) is 17.4 Å². The van der Waals surface area contributed by atoms with Gasteiger partial charge in [-0.05, 0) is 36.4 Å². The molecule has 4 nitrogen and oxygen atoms in total. The Morgan fingerprint density at radius 3 is 2.59 bits per heavy atom. The first-order valence-electron chi connectivity index (χ1n) is 6.07. The summed E-state index contributed by atoms with van der Waals surface area (Å²) in [7, 11) is 1.27. The van der Waals surface area contributed by atoms with Crippen molar-refractivity contribution in [1.29, 1.82) is 0 Å². The summed E-state index contributed by atoms with van der Waals surface area (Å²) < 4.78 is 48.7. The van der Waals surface area contributed by atoms with E-state index in [0.717, 1.165) is 18.2 Å². The number of carboxylic acid groups (broad SMARTS) is 1. The number of ether oxygens (including phenoxy) is 1. The van der Waals surface area contributed by atoms with Crippen LogP contribution in [0, 0.1) is 0 Å². The van der Waals surface area contributed by atoms with Crippen LogP contribution in [0.5, 0.6) is 5.75 Å². The van der Waals surface area contributed by atoms with Crippen molar-refractivity contribution in [2.75, 3.05) is 7.11 Å². The standard InChI is InChI=1S/C15H11F3O4/c1-21-12-7-9(6-10(8-12)15(16,17)18)13-4-2-11(22-13)3-5-14(19)20/h2-8H,1H3,(H,19,20). The van der Waals surface area contributed by atoms with Crippen molar-refractivity contribution in [3.63, 3.8) is 0 Å². The van der Waals surface area contributed by atoms with E-state index >= 15 is 0 Å². The van der Waals surface area contributed by atoms with Gasteiger partial charge < -0.3 is 14.3 Å². The van der Waals surface area contributed by atoms with Gasteiger partial charge in [0.15, 0.2) is 0 Å². The molecule has 1 aromatic heterocycles. The van der Waals surface area contributed by atoms with E-state index in [2.05, 4.69) is 0 Å². The van der Waals surface area contributed by atoms with E-state index in [1.54, 1.807) is 0 Å². The molecule has 0 fully saturated rings. The molecule has 22 heavy (non-hydrogen) atoms. The summed E-state index contributed by atoms with van der Waals surface area (Å²) in [4.78, 5) is 10.4. The molecule has 0 unspecified atom stereocenters. The summed E-state index contributed by atoms with van der Waals surface area (Å²) in [5.41, 5.74) is -0.678. The van der Waals surface area contributed by atoms with Crippen LogP contribution in [0.15, 0.2) is 40.8 Å². The number of benzene rings is 1. The molecule has 0 atom stereocenters. The lowest BCUT2D eigenvalue weighted by Crippen LogP contribution is -2.05. The summed E-state index contributed by atoms with van der Waals surface area (Å²) in [5.74, 6) is -0.717. The van der Waals surface area contributed by atoms with Crippen molar-refractivity contribution in [3.05, 3.63) is 47.7 Å². The van der Waals surface area contributed by atoms with E-state index in [0.29, 0.717) is 0 Å². The number of halogens is 3. The molecule has 0 radical (unpaired) electrons. The first-order chi connectivity index (χ1) is 10.3. The number of methoxy groups -OCH3 is 1. The first kappa shape index (κ1) is 15.7.